The van der Waals surface area contributed by atoms with E-state index in [9.17, 15) is 14.7 Å². The Balaban J connectivity index is 1.54. The molecular weight excluding hydrogens is 380 g/mol. The summed E-state index contributed by atoms with van der Waals surface area (Å²) >= 11 is 0. The molecule has 3 rings (SSSR count). The van der Waals surface area contributed by atoms with Gasteiger partial charge >= 0.3 is 0 Å². The Morgan fingerprint density at radius 3 is 2.57 bits per heavy atom. The molecule has 7 nitrogen and oxygen atoms in total. The van der Waals surface area contributed by atoms with Gasteiger partial charge in [0.25, 0.3) is 5.91 Å². The highest BCUT2D eigenvalue weighted by Crippen LogP contribution is 2.26. The van der Waals surface area contributed by atoms with Gasteiger partial charge in [0.1, 0.15) is 0 Å². The second kappa shape index (κ2) is 9.79. The first-order valence-electron chi connectivity index (χ1n) is 11.0. The topological polar surface area (TPSA) is 76.1 Å². The average Bonchev–Trinajstić information content (AvgIpc) is 2.90. The summed E-state index contributed by atoms with van der Waals surface area (Å²) in [5.74, 6) is 0.0656. The molecule has 0 radical (unpaired) electrons. The Hall–Kier alpha value is -2.12. The Morgan fingerprint density at radius 2 is 1.90 bits per heavy atom. The van der Waals surface area contributed by atoms with Crippen LogP contribution >= 0.6 is 0 Å². The van der Waals surface area contributed by atoms with Crippen molar-refractivity contribution in [3.63, 3.8) is 0 Å². The first-order chi connectivity index (χ1) is 14.3. The minimum absolute atomic E-state index is 0.0247. The van der Waals surface area contributed by atoms with Crippen LogP contribution in [0.1, 0.15) is 49.4 Å². The van der Waals surface area contributed by atoms with Crippen molar-refractivity contribution >= 4 is 17.5 Å². The maximum absolute atomic E-state index is 13.0. The highest BCUT2D eigenvalue weighted by atomic mass is 16.3. The average molecular weight is 417 g/mol. The smallest absolute Gasteiger partial charge is 0.253 e. The number of nitrogens with one attached hydrogen (secondary N) is 1. The van der Waals surface area contributed by atoms with Crippen molar-refractivity contribution in [2.24, 2.45) is 0 Å². The Kier molecular flexibility index (Phi) is 7.36. The van der Waals surface area contributed by atoms with Crippen LogP contribution in [0.2, 0.25) is 0 Å². The van der Waals surface area contributed by atoms with E-state index in [1.807, 2.05) is 48.2 Å². The van der Waals surface area contributed by atoms with E-state index in [1.54, 1.807) is 6.92 Å². The van der Waals surface area contributed by atoms with E-state index in [0.717, 1.165) is 38.0 Å². The van der Waals surface area contributed by atoms with Gasteiger partial charge in [-0.3, -0.25) is 9.59 Å². The SMILES string of the molecule is CC(=O)NC1CCN(C[C@]2(O)CCCN(C(=O)c3cccc(N(C)C)c3)CC2)CC1. The number of benzene rings is 1. The van der Waals surface area contributed by atoms with E-state index in [4.69, 9.17) is 0 Å². The van der Waals surface area contributed by atoms with Crippen LogP contribution in [0.4, 0.5) is 5.69 Å². The zero-order valence-electron chi connectivity index (χ0n) is 18.6. The number of carbonyl (C=O) groups is 2. The zero-order valence-corrected chi connectivity index (χ0v) is 18.6. The van der Waals surface area contributed by atoms with Crippen molar-refractivity contribution < 1.29 is 14.7 Å². The molecule has 0 saturated carbocycles. The summed E-state index contributed by atoms with van der Waals surface area (Å²) < 4.78 is 0. The van der Waals surface area contributed by atoms with E-state index < -0.39 is 5.60 Å². The fourth-order valence-electron chi connectivity index (χ4n) is 4.58. The number of carbonyl (C=O) groups excluding carboxylic acids is 2. The van der Waals surface area contributed by atoms with Crippen molar-refractivity contribution in [2.45, 2.75) is 50.7 Å². The number of aliphatic hydroxyl groups is 1. The number of hydrogen-bond acceptors (Lipinski definition) is 5. The summed E-state index contributed by atoms with van der Waals surface area (Å²) in [5, 5.41) is 14.2. The van der Waals surface area contributed by atoms with Gasteiger partial charge in [0.2, 0.25) is 5.91 Å². The Bertz CT molecular complexity index is 746. The summed E-state index contributed by atoms with van der Waals surface area (Å²) in [6.07, 6.45) is 3.95. The van der Waals surface area contributed by atoms with Gasteiger partial charge in [0.05, 0.1) is 5.60 Å². The Morgan fingerprint density at radius 1 is 1.17 bits per heavy atom. The first-order valence-corrected chi connectivity index (χ1v) is 11.0. The monoisotopic (exact) mass is 416 g/mol. The predicted molar refractivity (Wildman–Crippen MR) is 119 cm³/mol. The molecular formula is C23H36N4O3. The third-order valence-electron chi connectivity index (χ3n) is 6.33. The lowest BCUT2D eigenvalue weighted by atomic mass is 9.93. The van der Waals surface area contributed by atoms with E-state index in [0.29, 0.717) is 38.0 Å². The van der Waals surface area contributed by atoms with E-state index in [1.165, 1.54) is 0 Å². The molecule has 0 spiro atoms. The van der Waals surface area contributed by atoms with E-state index in [-0.39, 0.29) is 17.9 Å². The maximum atomic E-state index is 13.0. The normalized spacial score (nSPS) is 23.7. The molecule has 166 valence electrons. The lowest BCUT2D eigenvalue weighted by Crippen LogP contribution is -2.50. The summed E-state index contributed by atoms with van der Waals surface area (Å²) in [7, 11) is 3.93. The summed E-state index contributed by atoms with van der Waals surface area (Å²) in [6.45, 7) is 5.21. The van der Waals surface area contributed by atoms with Gasteiger partial charge in [0.15, 0.2) is 0 Å². The largest absolute Gasteiger partial charge is 0.388 e. The van der Waals surface area contributed by atoms with Crippen LogP contribution in [0.15, 0.2) is 24.3 Å². The fourth-order valence-corrected chi connectivity index (χ4v) is 4.58. The van der Waals surface area contributed by atoms with Gasteiger partial charge in [-0.05, 0) is 50.3 Å². The first kappa shape index (κ1) is 22.6. The van der Waals surface area contributed by atoms with Crippen molar-refractivity contribution in [3.8, 4) is 0 Å². The molecule has 2 N–H and O–H groups in total. The number of hydrogen-bond donors (Lipinski definition) is 2. The zero-order chi connectivity index (χ0) is 21.7. The molecule has 2 heterocycles. The molecule has 2 aliphatic rings. The second-order valence-corrected chi connectivity index (χ2v) is 9.07. The minimum Gasteiger partial charge on any atom is -0.388 e. The summed E-state index contributed by atoms with van der Waals surface area (Å²) in [5.41, 5.74) is 0.947. The molecule has 2 amide bonds. The molecule has 7 heteroatoms. The minimum atomic E-state index is -0.763. The van der Waals surface area contributed by atoms with Crippen molar-refractivity contribution in [2.75, 3.05) is 51.7 Å². The lowest BCUT2D eigenvalue weighted by molar-refractivity contribution is -0.120. The fraction of sp³-hybridized carbons (Fsp3) is 0.652. The van der Waals surface area contributed by atoms with Gasteiger partial charge < -0.3 is 25.1 Å². The molecule has 2 saturated heterocycles. The number of nitrogens with zero attached hydrogens (tertiary/aromatic N) is 3. The van der Waals surface area contributed by atoms with Crippen LogP contribution in [0.5, 0.6) is 0 Å². The Labute approximate surface area is 180 Å². The van der Waals surface area contributed by atoms with Crippen LogP contribution in [0.25, 0.3) is 0 Å². The summed E-state index contributed by atoms with van der Waals surface area (Å²) in [6, 6.07) is 7.95. The number of likely N-dealkylation sites (tertiary alicyclic amines) is 2. The van der Waals surface area contributed by atoms with Gasteiger partial charge in [0, 0.05) is 71.0 Å². The van der Waals surface area contributed by atoms with Crippen molar-refractivity contribution in [1.82, 2.24) is 15.1 Å². The number of β-amino-alcohol motifs (C(OH)–C–C–N with tert-alkyl or cyclic N) is 1. The van der Waals surface area contributed by atoms with Crippen molar-refractivity contribution in [3.05, 3.63) is 29.8 Å². The lowest BCUT2D eigenvalue weighted by Gasteiger charge is -2.38. The molecule has 30 heavy (non-hydrogen) atoms. The third kappa shape index (κ3) is 5.95. The third-order valence-corrected chi connectivity index (χ3v) is 6.33. The highest BCUT2D eigenvalue weighted by Gasteiger charge is 2.34. The van der Waals surface area contributed by atoms with Gasteiger partial charge in [-0.2, -0.15) is 0 Å². The maximum Gasteiger partial charge on any atom is 0.253 e. The highest BCUT2D eigenvalue weighted by molar-refractivity contribution is 5.95. The molecule has 0 bridgehead atoms. The molecule has 0 aromatic heterocycles. The van der Waals surface area contributed by atoms with Crippen molar-refractivity contribution in [1.29, 1.82) is 0 Å². The number of piperidine rings is 1. The standard InChI is InChI=1S/C23H36N4O3/c1-18(28)24-20-8-13-26(14-9-20)17-23(30)10-5-12-27(15-11-23)22(29)19-6-4-7-21(16-19)25(2)3/h4,6-7,16,20,30H,5,8-15,17H2,1-3H3,(H,24,28)/t23-/m0/s1. The van der Waals surface area contributed by atoms with Crippen LogP contribution < -0.4 is 10.2 Å². The number of anilines is 1. The van der Waals surface area contributed by atoms with E-state index in [2.05, 4.69) is 10.2 Å². The molecule has 2 fully saturated rings. The molecule has 0 aliphatic carbocycles. The van der Waals surface area contributed by atoms with Crippen LogP contribution in [-0.4, -0.2) is 85.2 Å². The van der Waals surface area contributed by atoms with Crippen LogP contribution in [-0.2, 0) is 4.79 Å². The number of amides is 2. The quantitative estimate of drug-likeness (QED) is 0.764. The molecule has 2 aliphatic heterocycles. The summed E-state index contributed by atoms with van der Waals surface area (Å²) in [4.78, 5) is 30.5. The predicted octanol–water partition coefficient (Wildman–Crippen LogP) is 1.71. The van der Waals surface area contributed by atoms with Gasteiger partial charge in [-0.15, -0.1) is 0 Å². The molecule has 0 unspecified atom stereocenters. The molecule has 1 aromatic rings. The number of rotatable bonds is 5. The van der Waals surface area contributed by atoms with Gasteiger partial charge in [-0.1, -0.05) is 6.07 Å². The molecule has 1 aromatic carbocycles. The molecule has 1 atom stereocenters. The second-order valence-electron chi connectivity index (χ2n) is 9.07. The van der Waals surface area contributed by atoms with Crippen LogP contribution in [0.3, 0.4) is 0 Å². The van der Waals surface area contributed by atoms with E-state index >= 15 is 0 Å². The van der Waals surface area contributed by atoms with Crippen LogP contribution in [0, 0.1) is 0 Å². The van der Waals surface area contributed by atoms with Gasteiger partial charge in [-0.25, -0.2) is 0 Å².